The highest BCUT2D eigenvalue weighted by atomic mass is 32.1. The number of hydrogen-bond acceptors (Lipinski definition) is 8. The Kier molecular flexibility index (Phi) is 9.74. The van der Waals surface area contributed by atoms with Gasteiger partial charge < -0.3 is 24.4 Å². The van der Waals surface area contributed by atoms with Crippen molar-refractivity contribution < 1.29 is 46.7 Å². The number of piperidine rings is 3. The van der Waals surface area contributed by atoms with Crippen LogP contribution in [0.4, 0.5) is 13.2 Å². The molecule has 3 aliphatic heterocycles. The molecule has 4 heterocycles. The van der Waals surface area contributed by atoms with Crippen molar-refractivity contribution in [1.29, 1.82) is 0 Å². The molecule has 1 amide bonds. The molecule has 3 fully saturated rings. The second kappa shape index (κ2) is 13.3. The number of benzene rings is 2. The van der Waals surface area contributed by atoms with Gasteiger partial charge in [0.1, 0.15) is 19.1 Å². The number of ketones is 1. The van der Waals surface area contributed by atoms with E-state index in [0.29, 0.717) is 33.7 Å². The molecule has 2 aromatic carbocycles. The van der Waals surface area contributed by atoms with Crippen LogP contribution in [-0.2, 0) is 14.3 Å². The number of ether oxygens (including phenoxy) is 1. The summed E-state index contributed by atoms with van der Waals surface area (Å²) in [6.45, 7) is 2.80. The normalized spacial score (nSPS) is 21.8. The van der Waals surface area contributed by atoms with Gasteiger partial charge >= 0.3 is 12.1 Å². The summed E-state index contributed by atoms with van der Waals surface area (Å²) in [7, 11) is 0. The van der Waals surface area contributed by atoms with Crippen molar-refractivity contribution in [3.63, 3.8) is 0 Å². The van der Waals surface area contributed by atoms with Gasteiger partial charge in [-0.05, 0) is 17.7 Å². The standard InChI is InChI=1S/C27H27N3O4S.C2HF3O2/c31-22(26-28-13-16-35-26)17-30-14-11-19(12-15-30)23(18-30)34-27(33)24(20-7-3-1-4-8-20)29-25(32)21-9-5-2-6-10-21;3-2(4,5)1(6)7/h1-10,13,16,19,23-24H,11-12,14-15,17-18H2;(H,6,7)/t19?,23-,24?,30?;/m0./s1. The maximum atomic E-state index is 13.4. The van der Waals surface area contributed by atoms with Crippen molar-refractivity contribution in [3.8, 4) is 0 Å². The van der Waals surface area contributed by atoms with Crippen LogP contribution in [0.15, 0.2) is 72.2 Å². The SMILES string of the molecule is O=C(NC(C(=O)O[C@H]1C[N+]2(CC(=O)c3nccs3)CCC1CC2)c1ccccc1)c1ccccc1.O=C([O-])C(F)(F)F. The fraction of sp³-hybridized carbons (Fsp3) is 0.345. The van der Waals surface area contributed by atoms with Gasteiger partial charge in [0, 0.05) is 35.9 Å². The van der Waals surface area contributed by atoms with E-state index in [0.717, 1.165) is 25.9 Å². The summed E-state index contributed by atoms with van der Waals surface area (Å²) < 4.78 is 38.3. The zero-order valence-electron chi connectivity index (χ0n) is 22.3. The summed E-state index contributed by atoms with van der Waals surface area (Å²) in [6.07, 6.45) is -2.00. The lowest BCUT2D eigenvalue weighted by Crippen LogP contribution is -2.66. The predicted octanol–water partition coefficient (Wildman–Crippen LogP) is 2.95. The summed E-state index contributed by atoms with van der Waals surface area (Å²) in [5, 5.41) is 14.0. The second-order valence-electron chi connectivity index (χ2n) is 10.2. The van der Waals surface area contributed by atoms with Crippen LogP contribution in [0, 0.1) is 5.92 Å². The molecule has 3 aromatic rings. The lowest BCUT2D eigenvalue weighted by atomic mass is 9.83. The van der Waals surface area contributed by atoms with E-state index < -0.39 is 24.2 Å². The number of carboxylic acid groups (broad SMARTS) is 1. The molecule has 42 heavy (non-hydrogen) atoms. The number of quaternary nitrogens is 1. The molecule has 0 saturated carbocycles. The van der Waals surface area contributed by atoms with E-state index in [9.17, 15) is 27.6 Å². The first kappa shape index (κ1) is 30.8. The average molecular weight is 604 g/mol. The molecular formula is C29H28F3N3O6S. The van der Waals surface area contributed by atoms with Gasteiger partial charge in [0.05, 0.1) is 13.1 Å². The molecule has 222 valence electrons. The second-order valence-corrected chi connectivity index (χ2v) is 11.1. The number of aromatic nitrogens is 1. The van der Waals surface area contributed by atoms with Gasteiger partial charge in [-0.3, -0.25) is 9.59 Å². The number of Topliss-reactive ketones (excluding diaryl/α,β-unsaturated/α-hetero) is 1. The van der Waals surface area contributed by atoms with E-state index in [4.69, 9.17) is 14.6 Å². The Morgan fingerprint density at radius 3 is 2.17 bits per heavy atom. The number of carbonyl (C=O) groups excluding carboxylic acids is 4. The van der Waals surface area contributed by atoms with Gasteiger partial charge in [0.2, 0.25) is 5.78 Å². The molecule has 1 aromatic heterocycles. The number of alkyl halides is 3. The molecule has 13 heteroatoms. The molecule has 1 unspecified atom stereocenters. The first-order valence-electron chi connectivity index (χ1n) is 13.1. The van der Waals surface area contributed by atoms with Crippen molar-refractivity contribution in [3.05, 3.63) is 88.4 Å². The van der Waals surface area contributed by atoms with E-state index in [1.54, 1.807) is 30.5 Å². The number of nitrogens with zero attached hydrogens (tertiary/aromatic N) is 2. The molecule has 3 aliphatic rings. The maximum Gasteiger partial charge on any atom is 0.430 e. The van der Waals surface area contributed by atoms with Gasteiger partial charge in [-0.15, -0.1) is 11.3 Å². The third-order valence-corrected chi connectivity index (χ3v) is 8.18. The lowest BCUT2D eigenvalue weighted by Gasteiger charge is -2.51. The van der Waals surface area contributed by atoms with Crippen LogP contribution >= 0.6 is 11.3 Å². The Morgan fingerprint density at radius 2 is 1.62 bits per heavy atom. The Morgan fingerprint density at radius 1 is 1.02 bits per heavy atom. The monoisotopic (exact) mass is 603 g/mol. The zero-order valence-corrected chi connectivity index (χ0v) is 23.1. The predicted molar refractivity (Wildman–Crippen MR) is 143 cm³/mol. The first-order valence-corrected chi connectivity index (χ1v) is 14.0. The Bertz CT molecular complexity index is 1380. The van der Waals surface area contributed by atoms with Gasteiger partial charge in [-0.25, -0.2) is 9.78 Å². The molecule has 0 radical (unpaired) electrons. The summed E-state index contributed by atoms with van der Waals surface area (Å²) >= 11 is 1.36. The summed E-state index contributed by atoms with van der Waals surface area (Å²) in [4.78, 5) is 52.1. The molecule has 1 N–H and O–H groups in total. The van der Waals surface area contributed by atoms with Crippen molar-refractivity contribution >= 4 is 35.0 Å². The number of thiazole rings is 1. The smallest absolute Gasteiger partial charge is 0.430 e. The van der Waals surface area contributed by atoms with Gasteiger partial charge in [-0.1, -0.05) is 48.5 Å². The summed E-state index contributed by atoms with van der Waals surface area (Å²) in [6, 6.07) is 17.1. The van der Waals surface area contributed by atoms with Gasteiger partial charge in [0.25, 0.3) is 5.91 Å². The van der Waals surface area contributed by atoms with E-state index in [-0.39, 0.29) is 23.7 Å². The topological polar surface area (TPSA) is 125 Å². The van der Waals surface area contributed by atoms with Crippen molar-refractivity contribution in [2.24, 2.45) is 5.92 Å². The summed E-state index contributed by atoms with van der Waals surface area (Å²) in [5.41, 5.74) is 1.15. The highest BCUT2D eigenvalue weighted by molar-refractivity contribution is 7.11. The molecule has 2 bridgehead atoms. The van der Waals surface area contributed by atoms with Crippen LogP contribution in [0.2, 0.25) is 0 Å². The van der Waals surface area contributed by atoms with Gasteiger partial charge in [-0.2, -0.15) is 13.2 Å². The van der Waals surface area contributed by atoms with Crippen LogP contribution < -0.4 is 10.4 Å². The number of halogens is 3. The Labute approximate surface area is 243 Å². The highest BCUT2D eigenvalue weighted by Gasteiger charge is 2.49. The van der Waals surface area contributed by atoms with E-state index >= 15 is 0 Å². The van der Waals surface area contributed by atoms with E-state index in [1.165, 1.54) is 11.3 Å². The van der Waals surface area contributed by atoms with Gasteiger partial charge in [0.15, 0.2) is 17.2 Å². The molecule has 0 spiro atoms. The number of aliphatic carboxylic acids is 1. The fourth-order valence-electron chi connectivity index (χ4n) is 5.26. The summed E-state index contributed by atoms with van der Waals surface area (Å²) in [5.74, 6) is -3.49. The molecule has 9 nitrogen and oxygen atoms in total. The van der Waals surface area contributed by atoms with Crippen molar-refractivity contribution in [1.82, 2.24) is 10.3 Å². The number of fused-ring (bicyclic) bond motifs is 3. The van der Waals surface area contributed by atoms with Crippen LogP contribution in [-0.4, -0.2) is 71.6 Å². The molecule has 6 rings (SSSR count). The lowest BCUT2D eigenvalue weighted by molar-refractivity contribution is -0.938. The Hall–Kier alpha value is -4.10. The van der Waals surface area contributed by atoms with E-state index in [2.05, 4.69) is 10.3 Å². The quantitative estimate of drug-likeness (QED) is 0.239. The van der Waals surface area contributed by atoms with Crippen molar-refractivity contribution in [2.75, 3.05) is 26.2 Å². The number of rotatable bonds is 8. The van der Waals surface area contributed by atoms with Crippen LogP contribution in [0.25, 0.3) is 0 Å². The average Bonchev–Trinajstić information content (AvgIpc) is 3.52. The van der Waals surface area contributed by atoms with Crippen LogP contribution in [0.3, 0.4) is 0 Å². The van der Waals surface area contributed by atoms with E-state index in [1.807, 2.05) is 41.8 Å². The molecule has 3 saturated heterocycles. The maximum absolute atomic E-state index is 13.4. The number of carboxylic acids is 1. The van der Waals surface area contributed by atoms with Crippen LogP contribution in [0.1, 0.15) is 44.6 Å². The Balaban J connectivity index is 0.000000517. The molecule has 2 atom stereocenters. The zero-order chi connectivity index (χ0) is 30.3. The number of hydrogen-bond donors (Lipinski definition) is 1. The largest absolute Gasteiger partial charge is 0.542 e. The van der Waals surface area contributed by atoms with Crippen LogP contribution in [0.5, 0.6) is 0 Å². The number of nitrogens with one attached hydrogen (secondary N) is 1. The first-order chi connectivity index (χ1) is 20.0. The third kappa shape index (κ3) is 7.79. The minimum absolute atomic E-state index is 0.0442. The minimum Gasteiger partial charge on any atom is -0.542 e. The number of carbonyl (C=O) groups is 4. The van der Waals surface area contributed by atoms with Crippen molar-refractivity contribution in [2.45, 2.75) is 31.2 Å². The highest BCUT2D eigenvalue weighted by Crippen LogP contribution is 2.36. The number of amides is 1. The third-order valence-electron chi connectivity index (χ3n) is 7.37. The minimum atomic E-state index is -5.19. The molecule has 0 aliphatic carbocycles. The number of esters is 1. The fourth-order valence-corrected chi connectivity index (χ4v) is 5.82. The molecular weight excluding hydrogens is 575 g/mol.